The summed E-state index contributed by atoms with van der Waals surface area (Å²) in [5.41, 5.74) is 1.48. The van der Waals surface area contributed by atoms with Crippen molar-refractivity contribution in [1.82, 2.24) is 26.3 Å². The Bertz CT molecular complexity index is 1330. The van der Waals surface area contributed by atoms with Crippen molar-refractivity contribution in [2.75, 3.05) is 0 Å². The highest BCUT2D eigenvalue weighted by Gasteiger charge is 2.36. The number of aromatic nitrogens is 1. The average molecular weight is 680 g/mol. The molecule has 12 nitrogen and oxygen atoms in total. The minimum Gasteiger partial charge on any atom is -0.481 e. The number of carboxylic acid groups (broad SMARTS) is 1. The maximum Gasteiger partial charge on any atom is 0.303 e. The lowest BCUT2D eigenvalue weighted by Crippen LogP contribution is -2.57. The van der Waals surface area contributed by atoms with Gasteiger partial charge in [-0.05, 0) is 54.7 Å². The van der Waals surface area contributed by atoms with Crippen LogP contribution in [0.5, 0.6) is 0 Å². The molecule has 1 heterocycles. The molecule has 12 heteroatoms. The minimum atomic E-state index is -1.21. The van der Waals surface area contributed by atoms with Crippen molar-refractivity contribution >= 4 is 29.6 Å². The largest absolute Gasteiger partial charge is 0.481 e. The highest BCUT2D eigenvalue weighted by atomic mass is 16.4. The zero-order chi connectivity index (χ0) is 35.9. The zero-order valence-corrected chi connectivity index (χ0v) is 29.1. The molecule has 4 amide bonds. The van der Waals surface area contributed by atoms with Crippen LogP contribution in [0.3, 0.4) is 0 Å². The van der Waals surface area contributed by atoms with Gasteiger partial charge in [0.05, 0.1) is 30.3 Å². The lowest BCUT2D eigenvalue weighted by atomic mass is 9.95. The van der Waals surface area contributed by atoms with Crippen LogP contribution in [-0.2, 0) is 24.0 Å². The number of nitrogens with zero attached hydrogens (tertiary/aromatic N) is 1. The van der Waals surface area contributed by atoms with Crippen LogP contribution >= 0.6 is 0 Å². The van der Waals surface area contributed by atoms with E-state index in [4.69, 9.17) is 5.11 Å². The third kappa shape index (κ3) is 13.6. The second-order valence-corrected chi connectivity index (χ2v) is 13.6. The summed E-state index contributed by atoms with van der Waals surface area (Å²) in [6, 6.07) is 11.8. The van der Waals surface area contributed by atoms with Gasteiger partial charge < -0.3 is 31.5 Å². The molecule has 49 heavy (non-hydrogen) atoms. The molecule has 1 aromatic carbocycles. The van der Waals surface area contributed by atoms with Crippen LogP contribution < -0.4 is 21.3 Å². The molecule has 6 N–H and O–H groups in total. The molecule has 1 aliphatic rings. The summed E-state index contributed by atoms with van der Waals surface area (Å²) in [4.78, 5) is 68.5. The van der Waals surface area contributed by atoms with Crippen LogP contribution in [-0.4, -0.2) is 69.0 Å². The summed E-state index contributed by atoms with van der Waals surface area (Å²) in [7, 11) is 0. The summed E-state index contributed by atoms with van der Waals surface area (Å²) in [5.74, 6) is -2.69. The first kappa shape index (κ1) is 39.1. The fourth-order valence-corrected chi connectivity index (χ4v) is 5.70. The number of hydrogen-bond donors (Lipinski definition) is 6. The molecule has 0 radical (unpaired) electrons. The lowest BCUT2D eigenvalue weighted by molar-refractivity contribution is -0.137. The summed E-state index contributed by atoms with van der Waals surface area (Å²) in [6.45, 7) is 7.63. The standard InChI is InChI=1S/C37H53N5O7/c1-5-24(4)34(41-31(44)15-11-16-33(46)47)37(49)40-29(21-25-17-18-25)36(48)39-28(20-23(2)3)30(43)22-32(45)42-35(26-12-7-6-8-13-26)27-14-9-10-19-38-27/h6-10,12-14,19,23-25,28-30,34-35,43H,5,11,15-18,20-22H2,1-4H3,(H,39,48)(H,40,49)(H,41,44)(H,42,45)(H,46,47)/t24-,28-,29-,30-,34-,35?/m0/s1. The number of rotatable bonds is 21. The first-order valence-corrected chi connectivity index (χ1v) is 17.4. The summed E-state index contributed by atoms with van der Waals surface area (Å²) in [5, 5.41) is 31.7. The molecule has 0 bridgehead atoms. The van der Waals surface area contributed by atoms with E-state index in [1.165, 1.54) is 0 Å². The van der Waals surface area contributed by atoms with Crippen LogP contribution in [0.25, 0.3) is 0 Å². The van der Waals surface area contributed by atoms with Gasteiger partial charge in [-0.2, -0.15) is 0 Å². The number of amides is 4. The summed E-state index contributed by atoms with van der Waals surface area (Å²) >= 11 is 0. The Labute approximate surface area is 289 Å². The number of pyridine rings is 1. The number of aliphatic hydroxyl groups is 1. The van der Waals surface area contributed by atoms with Gasteiger partial charge in [0.25, 0.3) is 0 Å². The first-order chi connectivity index (χ1) is 23.4. The number of aliphatic hydroxyl groups excluding tert-OH is 1. The Morgan fingerprint density at radius 3 is 2.14 bits per heavy atom. The quantitative estimate of drug-likeness (QED) is 0.115. The number of carboxylic acids is 1. The van der Waals surface area contributed by atoms with E-state index in [9.17, 15) is 29.1 Å². The van der Waals surface area contributed by atoms with Crippen molar-refractivity contribution < 1.29 is 34.2 Å². The van der Waals surface area contributed by atoms with E-state index in [0.29, 0.717) is 25.0 Å². The molecule has 1 saturated carbocycles. The number of aliphatic carboxylic acids is 1. The Morgan fingerprint density at radius 2 is 1.55 bits per heavy atom. The van der Waals surface area contributed by atoms with E-state index in [0.717, 1.165) is 18.4 Å². The van der Waals surface area contributed by atoms with Crippen LogP contribution in [0.1, 0.15) is 103 Å². The Balaban J connectivity index is 1.70. The van der Waals surface area contributed by atoms with Gasteiger partial charge in [-0.25, -0.2) is 0 Å². The molecule has 268 valence electrons. The molecule has 0 aliphatic heterocycles. The van der Waals surface area contributed by atoms with Gasteiger partial charge in [-0.15, -0.1) is 0 Å². The SMILES string of the molecule is CC[C@H](C)[C@H](NC(=O)CCCC(=O)O)C(=O)N[C@@H](CC1CC1)C(=O)N[C@@H](CC(C)C)[C@@H](O)CC(=O)NC(c1ccccc1)c1ccccn1. The molecule has 0 spiro atoms. The molecule has 1 aliphatic carbocycles. The van der Waals surface area contributed by atoms with E-state index < -0.39 is 59.9 Å². The molecule has 0 saturated heterocycles. The van der Waals surface area contributed by atoms with Gasteiger partial charge in [0, 0.05) is 19.0 Å². The van der Waals surface area contributed by atoms with E-state index in [1.807, 2.05) is 70.2 Å². The average Bonchev–Trinajstić information content (AvgIpc) is 3.89. The van der Waals surface area contributed by atoms with E-state index in [2.05, 4.69) is 26.3 Å². The zero-order valence-electron chi connectivity index (χ0n) is 29.1. The maximum atomic E-state index is 13.8. The topological polar surface area (TPSA) is 187 Å². The van der Waals surface area contributed by atoms with Gasteiger partial charge in [-0.3, -0.25) is 29.0 Å². The van der Waals surface area contributed by atoms with Crippen LogP contribution in [0.4, 0.5) is 0 Å². The molecular weight excluding hydrogens is 626 g/mol. The predicted molar refractivity (Wildman–Crippen MR) is 185 cm³/mol. The van der Waals surface area contributed by atoms with Crippen molar-refractivity contribution in [2.45, 2.75) is 116 Å². The normalized spacial score (nSPS) is 16.4. The van der Waals surface area contributed by atoms with Crippen molar-refractivity contribution in [2.24, 2.45) is 17.8 Å². The van der Waals surface area contributed by atoms with Gasteiger partial charge in [0.1, 0.15) is 12.1 Å². The lowest BCUT2D eigenvalue weighted by Gasteiger charge is -2.30. The third-order valence-electron chi connectivity index (χ3n) is 8.84. The highest BCUT2D eigenvalue weighted by Crippen LogP contribution is 2.33. The fraction of sp³-hybridized carbons (Fsp3) is 0.568. The third-order valence-corrected chi connectivity index (χ3v) is 8.84. The number of hydrogen-bond acceptors (Lipinski definition) is 7. The van der Waals surface area contributed by atoms with Crippen molar-refractivity contribution in [3.63, 3.8) is 0 Å². The number of carbonyl (C=O) groups is 5. The predicted octanol–water partition coefficient (Wildman–Crippen LogP) is 3.64. The Morgan fingerprint density at radius 1 is 0.857 bits per heavy atom. The van der Waals surface area contributed by atoms with Crippen molar-refractivity contribution in [3.8, 4) is 0 Å². The molecular formula is C37H53N5O7. The maximum absolute atomic E-state index is 13.8. The first-order valence-electron chi connectivity index (χ1n) is 17.4. The van der Waals surface area contributed by atoms with Gasteiger partial charge in [-0.1, -0.05) is 83.4 Å². The van der Waals surface area contributed by atoms with E-state index >= 15 is 0 Å². The number of carbonyl (C=O) groups excluding carboxylic acids is 4. The van der Waals surface area contributed by atoms with Crippen molar-refractivity contribution in [1.29, 1.82) is 0 Å². The van der Waals surface area contributed by atoms with Crippen LogP contribution in [0.15, 0.2) is 54.7 Å². The fourth-order valence-electron chi connectivity index (χ4n) is 5.70. The van der Waals surface area contributed by atoms with Gasteiger partial charge in [0.15, 0.2) is 0 Å². The van der Waals surface area contributed by atoms with E-state index in [-0.39, 0.29) is 43.4 Å². The summed E-state index contributed by atoms with van der Waals surface area (Å²) < 4.78 is 0. The molecule has 3 rings (SSSR count). The van der Waals surface area contributed by atoms with Gasteiger partial charge >= 0.3 is 5.97 Å². The van der Waals surface area contributed by atoms with Gasteiger partial charge in [0.2, 0.25) is 23.6 Å². The second-order valence-electron chi connectivity index (χ2n) is 13.6. The highest BCUT2D eigenvalue weighted by molar-refractivity contribution is 5.92. The molecule has 1 aromatic heterocycles. The molecule has 1 unspecified atom stereocenters. The Hall–Kier alpha value is -4.32. The molecule has 6 atom stereocenters. The van der Waals surface area contributed by atoms with Crippen molar-refractivity contribution in [3.05, 3.63) is 66.0 Å². The second kappa shape index (κ2) is 19.6. The summed E-state index contributed by atoms with van der Waals surface area (Å²) in [6.07, 6.45) is 3.41. The smallest absolute Gasteiger partial charge is 0.303 e. The minimum absolute atomic E-state index is 0.0329. The molecule has 1 fully saturated rings. The molecule has 2 aromatic rings. The van der Waals surface area contributed by atoms with Crippen LogP contribution in [0.2, 0.25) is 0 Å². The van der Waals surface area contributed by atoms with E-state index in [1.54, 1.807) is 12.3 Å². The number of benzene rings is 1. The monoisotopic (exact) mass is 679 g/mol. The number of nitrogens with one attached hydrogen (secondary N) is 4. The Kier molecular flexibility index (Phi) is 15.7. The van der Waals surface area contributed by atoms with Crippen LogP contribution in [0, 0.1) is 17.8 Å².